The molecule has 0 aliphatic rings. The van der Waals surface area contributed by atoms with Crippen molar-refractivity contribution in [2.75, 3.05) is 26.6 Å². The number of anilines is 1. The van der Waals surface area contributed by atoms with Gasteiger partial charge in [0.1, 0.15) is 5.75 Å². The standard InChI is InChI=1S/C21H25NO6/c1-14(21(24)22-16-8-11-18(26-3)19(13-16)27-4)28-20(23)12-7-15-5-9-17(25-2)10-6-15/h5-6,8-11,13-14H,7,12H2,1-4H3,(H,22,24)/t14-/m0/s1. The molecule has 0 aliphatic heterocycles. The van der Waals surface area contributed by atoms with Gasteiger partial charge in [0, 0.05) is 18.2 Å². The van der Waals surface area contributed by atoms with Crippen molar-refractivity contribution in [3.8, 4) is 17.2 Å². The van der Waals surface area contributed by atoms with Gasteiger partial charge >= 0.3 is 5.97 Å². The third-order valence-electron chi connectivity index (χ3n) is 4.11. The summed E-state index contributed by atoms with van der Waals surface area (Å²) in [5, 5.41) is 2.69. The predicted octanol–water partition coefficient (Wildman–Crippen LogP) is 3.22. The molecule has 2 aromatic carbocycles. The van der Waals surface area contributed by atoms with Gasteiger partial charge in [-0.15, -0.1) is 0 Å². The SMILES string of the molecule is COc1ccc(CCC(=O)O[C@@H](C)C(=O)Nc2ccc(OC)c(OC)c2)cc1. The van der Waals surface area contributed by atoms with E-state index in [9.17, 15) is 9.59 Å². The molecule has 2 rings (SSSR count). The highest BCUT2D eigenvalue weighted by molar-refractivity contribution is 5.95. The lowest BCUT2D eigenvalue weighted by atomic mass is 10.1. The largest absolute Gasteiger partial charge is 0.497 e. The maximum Gasteiger partial charge on any atom is 0.306 e. The van der Waals surface area contributed by atoms with E-state index in [-0.39, 0.29) is 6.42 Å². The van der Waals surface area contributed by atoms with Gasteiger partial charge < -0.3 is 24.3 Å². The molecule has 0 saturated heterocycles. The van der Waals surface area contributed by atoms with Gasteiger partial charge in [-0.3, -0.25) is 9.59 Å². The molecule has 28 heavy (non-hydrogen) atoms. The quantitative estimate of drug-likeness (QED) is 0.665. The molecule has 7 nitrogen and oxygen atoms in total. The highest BCUT2D eigenvalue weighted by Crippen LogP contribution is 2.29. The Morgan fingerprint density at radius 1 is 0.929 bits per heavy atom. The molecule has 0 saturated carbocycles. The summed E-state index contributed by atoms with van der Waals surface area (Å²) in [7, 11) is 4.64. The van der Waals surface area contributed by atoms with Crippen LogP contribution in [0.4, 0.5) is 5.69 Å². The number of carbonyl (C=O) groups is 2. The maximum absolute atomic E-state index is 12.3. The molecule has 0 bridgehead atoms. The van der Waals surface area contributed by atoms with Gasteiger partial charge in [-0.2, -0.15) is 0 Å². The fourth-order valence-corrected chi connectivity index (χ4v) is 2.51. The Hall–Kier alpha value is -3.22. The first kappa shape index (κ1) is 21.1. The number of rotatable bonds is 9. The van der Waals surface area contributed by atoms with Gasteiger partial charge in [0.25, 0.3) is 5.91 Å². The van der Waals surface area contributed by atoms with Crippen LogP contribution in [0.15, 0.2) is 42.5 Å². The summed E-state index contributed by atoms with van der Waals surface area (Å²) >= 11 is 0. The molecular formula is C21H25NO6. The zero-order valence-electron chi connectivity index (χ0n) is 16.5. The summed E-state index contributed by atoms with van der Waals surface area (Å²) in [6.45, 7) is 1.53. The van der Waals surface area contributed by atoms with Gasteiger partial charge in [-0.1, -0.05) is 12.1 Å². The number of carbonyl (C=O) groups excluding carboxylic acids is 2. The van der Waals surface area contributed by atoms with E-state index in [2.05, 4.69) is 5.32 Å². The maximum atomic E-state index is 12.3. The van der Waals surface area contributed by atoms with E-state index in [1.54, 1.807) is 25.3 Å². The third kappa shape index (κ3) is 5.90. The van der Waals surface area contributed by atoms with Gasteiger partial charge in [-0.05, 0) is 43.2 Å². The van der Waals surface area contributed by atoms with Crippen LogP contribution in [-0.2, 0) is 20.7 Å². The minimum Gasteiger partial charge on any atom is -0.497 e. The first-order chi connectivity index (χ1) is 13.5. The number of hydrogen-bond acceptors (Lipinski definition) is 6. The van der Waals surface area contributed by atoms with Gasteiger partial charge in [0.15, 0.2) is 17.6 Å². The predicted molar refractivity (Wildman–Crippen MR) is 105 cm³/mol. The second-order valence-corrected chi connectivity index (χ2v) is 6.04. The Labute approximate surface area is 164 Å². The van der Waals surface area contributed by atoms with Crippen molar-refractivity contribution in [1.29, 1.82) is 0 Å². The van der Waals surface area contributed by atoms with E-state index >= 15 is 0 Å². The molecule has 7 heteroatoms. The molecule has 0 aliphatic carbocycles. The van der Waals surface area contributed by atoms with E-state index in [1.165, 1.54) is 21.1 Å². The fourth-order valence-electron chi connectivity index (χ4n) is 2.51. The Morgan fingerprint density at radius 2 is 1.61 bits per heavy atom. The van der Waals surface area contributed by atoms with Crippen molar-refractivity contribution in [3.05, 3.63) is 48.0 Å². The van der Waals surface area contributed by atoms with Crippen molar-refractivity contribution in [2.45, 2.75) is 25.9 Å². The Morgan fingerprint density at radius 3 is 2.21 bits per heavy atom. The zero-order chi connectivity index (χ0) is 20.5. The third-order valence-corrected chi connectivity index (χ3v) is 4.11. The van der Waals surface area contributed by atoms with E-state index in [1.807, 2.05) is 24.3 Å². The number of aryl methyl sites for hydroxylation is 1. The first-order valence-electron chi connectivity index (χ1n) is 8.82. The summed E-state index contributed by atoms with van der Waals surface area (Å²) in [5.41, 5.74) is 1.50. The number of methoxy groups -OCH3 is 3. The smallest absolute Gasteiger partial charge is 0.306 e. The summed E-state index contributed by atoms with van der Waals surface area (Å²) in [5.74, 6) is 0.936. The van der Waals surface area contributed by atoms with E-state index < -0.39 is 18.0 Å². The number of ether oxygens (including phenoxy) is 4. The summed E-state index contributed by atoms with van der Waals surface area (Å²) in [6, 6.07) is 12.4. The lowest BCUT2D eigenvalue weighted by Crippen LogP contribution is -2.30. The van der Waals surface area contributed by atoms with Gasteiger partial charge in [-0.25, -0.2) is 0 Å². The van der Waals surface area contributed by atoms with Crippen LogP contribution in [0.5, 0.6) is 17.2 Å². The molecule has 1 N–H and O–H groups in total. The van der Waals surface area contributed by atoms with Crippen LogP contribution < -0.4 is 19.5 Å². The molecule has 1 atom stereocenters. The van der Waals surface area contributed by atoms with Crippen LogP contribution in [0.3, 0.4) is 0 Å². The average molecular weight is 387 g/mol. The first-order valence-corrected chi connectivity index (χ1v) is 8.82. The van der Waals surface area contributed by atoms with Crippen LogP contribution in [-0.4, -0.2) is 39.3 Å². The summed E-state index contributed by atoms with van der Waals surface area (Å²) in [4.78, 5) is 24.3. The average Bonchev–Trinajstić information content (AvgIpc) is 2.72. The Balaban J connectivity index is 1.84. The summed E-state index contributed by atoms with van der Waals surface area (Å²) in [6.07, 6.45) is -0.218. The normalized spacial score (nSPS) is 11.3. The van der Waals surface area contributed by atoms with Crippen LogP contribution in [0.1, 0.15) is 18.9 Å². The molecule has 2 aromatic rings. The molecule has 0 spiro atoms. The number of hydrogen-bond donors (Lipinski definition) is 1. The monoisotopic (exact) mass is 387 g/mol. The molecular weight excluding hydrogens is 362 g/mol. The van der Waals surface area contributed by atoms with Crippen molar-refractivity contribution >= 4 is 17.6 Å². The number of nitrogens with one attached hydrogen (secondary N) is 1. The number of esters is 1. The molecule has 0 unspecified atom stereocenters. The summed E-state index contributed by atoms with van der Waals surface area (Å²) < 4.78 is 20.7. The number of benzene rings is 2. The van der Waals surface area contributed by atoms with Crippen molar-refractivity contribution in [3.63, 3.8) is 0 Å². The van der Waals surface area contributed by atoms with Crippen LogP contribution in [0, 0.1) is 0 Å². The fraction of sp³-hybridized carbons (Fsp3) is 0.333. The van der Waals surface area contributed by atoms with Crippen LogP contribution in [0.2, 0.25) is 0 Å². The second kappa shape index (κ2) is 10.2. The van der Waals surface area contributed by atoms with E-state index in [4.69, 9.17) is 18.9 Å². The van der Waals surface area contributed by atoms with Gasteiger partial charge in [0.05, 0.1) is 21.3 Å². The molecule has 0 heterocycles. The molecule has 0 fully saturated rings. The van der Waals surface area contributed by atoms with Crippen molar-refractivity contribution < 1.29 is 28.5 Å². The second-order valence-electron chi connectivity index (χ2n) is 6.04. The van der Waals surface area contributed by atoms with Gasteiger partial charge in [0.2, 0.25) is 0 Å². The minimum absolute atomic E-state index is 0.181. The van der Waals surface area contributed by atoms with Crippen molar-refractivity contribution in [2.24, 2.45) is 0 Å². The van der Waals surface area contributed by atoms with Crippen LogP contribution >= 0.6 is 0 Å². The lowest BCUT2D eigenvalue weighted by molar-refractivity contribution is -0.153. The molecule has 150 valence electrons. The highest BCUT2D eigenvalue weighted by Gasteiger charge is 2.18. The highest BCUT2D eigenvalue weighted by atomic mass is 16.5. The zero-order valence-corrected chi connectivity index (χ0v) is 16.5. The van der Waals surface area contributed by atoms with Crippen molar-refractivity contribution in [1.82, 2.24) is 0 Å². The van der Waals surface area contributed by atoms with E-state index in [0.717, 1.165) is 11.3 Å². The van der Waals surface area contributed by atoms with Crippen LogP contribution in [0.25, 0.3) is 0 Å². The topological polar surface area (TPSA) is 83.1 Å². The Kier molecular flexibility index (Phi) is 7.68. The molecule has 0 radical (unpaired) electrons. The molecule has 1 amide bonds. The number of amides is 1. The Bertz CT molecular complexity index is 803. The van der Waals surface area contributed by atoms with E-state index in [0.29, 0.717) is 23.6 Å². The lowest BCUT2D eigenvalue weighted by Gasteiger charge is -2.15. The minimum atomic E-state index is -0.920. The molecule has 0 aromatic heterocycles.